The first-order chi connectivity index (χ1) is 7.67. The Hall–Kier alpha value is -1.60. The van der Waals surface area contributed by atoms with Crippen LogP contribution in [-0.2, 0) is 0 Å². The Balaban J connectivity index is 2.04. The molecule has 0 amide bonds. The Kier molecular flexibility index (Phi) is 2.80. The van der Waals surface area contributed by atoms with Gasteiger partial charge in [0.15, 0.2) is 0 Å². The summed E-state index contributed by atoms with van der Waals surface area (Å²) in [5.74, 6) is -0.421. The van der Waals surface area contributed by atoms with Crippen LogP contribution in [0.25, 0.3) is 0 Å². The molecule has 0 aromatic heterocycles. The Morgan fingerprint density at radius 2 is 2.19 bits per heavy atom. The summed E-state index contributed by atoms with van der Waals surface area (Å²) in [6, 6.07) is 6.07. The third kappa shape index (κ3) is 2.31. The van der Waals surface area contributed by atoms with Crippen molar-refractivity contribution in [1.29, 1.82) is 5.26 Å². The third-order valence-electron chi connectivity index (χ3n) is 2.99. The van der Waals surface area contributed by atoms with Crippen LogP contribution in [0.2, 0.25) is 0 Å². The molecule has 0 radical (unpaired) electrons. The summed E-state index contributed by atoms with van der Waals surface area (Å²) in [6.45, 7) is 0.776. The van der Waals surface area contributed by atoms with Crippen LogP contribution < -0.4 is 5.32 Å². The second-order valence-electron chi connectivity index (χ2n) is 4.35. The smallest absolute Gasteiger partial charge is 0.126 e. The van der Waals surface area contributed by atoms with Gasteiger partial charge in [-0.3, -0.25) is 0 Å². The van der Waals surface area contributed by atoms with Crippen LogP contribution in [-0.4, -0.2) is 18.3 Å². The van der Waals surface area contributed by atoms with Crippen LogP contribution in [0.5, 0.6) is 0 Å². The molecule has 84 valence electrons. The molecule has 2 N–H and O–H groups in total. The summed E-state index contributed by atoms with van der Waals surface area (Å²) in [4.78, 5) is 0. The van der Waals surface area contributed by atoms with E-state index in [2.05, 4.69) is 5.32 Å². The van der Waals surface area contributed by atoms with Gasteiger partial charge in [-0.25, -0.2) is 4.39 Å². The van der Waals surface area contributed by atoms with Gasteiger partial charge in [0.05, 0.1) is 18.2 Å². The lowest BCUT2D eigenvalue weighted by atomic mass is 10.1. The van der Waals surface area contributed by atoms with E-state index in [9.17, 15) is 4.39 Å². The molecule has 16 heavy (non-hydrogen) atoms. The SMILES string of the molecule is N#Cc1cc(F)cc(NCC2(CO)CC2)c1. The lowest BCUT2D eigenvalue weighted by Gasteiger charge is -2.13. The van der Waals surface area contributed by atoms with Gasteiger partial charge in [-0.15, -0.1) is 0 Å². The topological polar surface area (TPSA) is 56.0 Å². The first kappa shape index (κ1) is 10.9. The monoisotopic (exact) mass is 220 g/mol. The normalized spacial score (nSPS) is 16.6. The molecule has 4 heteroatoms. The highest BCUT2D eigenvalue weighted by molar-refractivity contribution is 5.50. The molecular formula is C12H13FN2O. The van der Waals surface area contributed by atoms with E-state index in [0.29, 0.717) is 17.8 Å². The zero-order valence-corrected chi connectivity index (χ0v) is 8.83. The van der Waals surface area contributed by atoms with E-state index < -0.39 is 5.82 Å². The second kappa shape index (κ2) is 4.11. The number of nitrogens with zero attached hydrogens (tertiary/aromatic N) is 1. The lowest BCUT2D eigenvalue weighted by Crippen LogP contribution is -2.19. The van der Waals surface area contributed by atoms with Crippen LogP contribution in [0.1, 0.15) is 18.4 Å². The van der Waals surface area contributed by atoms with Gasteiger partial charge in [0.1, 0.15) is 5.82 Å². The maximum absolute atomic E-state index is 13.1. The number of halogens is 1. The summed E-state index contributed by atoms with van der Waals surface area (Å²) in [7, 11) is 0. The molecule has 2 rings (SSSR count). The van der Waals surface area contributed by atoms with Crippen LogP contribution in [0.4, 0.5) is 10.1 Å². The number of nitrogens with one attached hydrogen (secondary N) is 1. The lowest BCUT2D eigenvalue weighted by molar-refractivity contribution is 0.220. The average Bonchev–Trinajstić information content (AvgIpc) is 3.06. The molecule has 1 fully saturated rings. The van der Waals surface area contributed by atoms with Gasteiger partial charge in [-0.1, -0.05) is 0 Å². The van der Waals surface area contributed by atoms with E-state index in [1.54, 1.807) is 6.07 Å². The standard InChI is InChI=1S/C12H13FN2O/c13-10-3-9(6-14)4-11(5-10)15-7-12(8-16)1-2-12/h3-5,15-16H,1-2,7-8H2. The zero-order valence-electron chi connectivity index (χ0n) is 8.83. The van der Waals surface area contributed by atoms with E-state index in [0.717, 1.165) is 12.8 Å². The summed E-state index contributed by atoms with van der Waals surface area (Å²) >= 11 is 0. The molecule has 3 nitrogen and oxygen atoms in total. The zero-order chi connectivity index (χ0) is 11.6. The first-order valence-corrected chi connectivity index (χ1v) is 5.23. The van der Waals surface area contributed by atoms with Crippen LogP contribution >= 0.6 is 0 Å². The number of aliphatic hydroxyl groups excluding tert-OH is 1. The van der Waals surface area contributed by atoms with Gasteiger partial charge in [0, 0.05) is 17.6 Å². The maximum Gasteiger partial charge on any atom is 0.126 e. The summed E-state index contributed by atoms with van der Waals surface area (Å²) in [5, 5.41) is 20.9. The highest BCUT2D eigenvalue weighted by Crippen LogP contribution is 2.44. The number of aliphatic hydroxyl groups is 1. The number of anilines is 1. The van der Waals surface area contributed by atoms with Crippen LogP contribution in [0.3, 0.4) is 0 Å². The van der Waals surface area contributed by atoms with Crippen molar-refractivity contribution in [2.45, 2.75) is 12.8 Å². The van der Waals surface area contributed by atoms with E-state index in [1.807, 2.05) is 6.07 Å². The van der Waals surface area contributed by atoms with Gasteiger partial charge < -0.3 is 10.4 Å². The fourth-order valence-electron chi connectivity index (χ4n) is 1.61. The number of benzene rings is 1. The summed E-state index contributed by atoms with van der Waals surface area (Å²) < 4.78 is 13.1. The van der Waals surface area contributed by atoms with E-state index >= 15 is 0 Å². The number of rotatable bonds is 4. The largest absolute Gasteiger partial charge is 0.396 e. The fraction of sp³-hybridized carbons (Fsp3) is 0.417. The van der Waals surface area contributed by atoms with Gasteiger partial charge >= 0.3 is 0 Å². The molecule has 1 saturated carbocycles. The van der Waals surface area contributed by atoms with Crippen molar-refractivity contribution in [3.05, 3.63) is 29.6 Å². The van der Waals surface area contributed by atoms with Crippen molar-refractivity contribution in [2.75, 3.05) is 18.5 Å². The molecule has 0 saturated heterocycles. The second-order valence-corrected chi connectivity index (χ2v) is 4.35. The minimum Gasteiger partial charge on any atom is -0.396 e. The molecule has 0 atom stereocenters. The van der Waals surface area contributed by atoms with Gasteiger partial charge in [0.25, 0.3) is 0 Å². The Morgan fingerprint density at radius 3 is 2.75 bits per heavy atom. The van der Waals surface area contributed by atoms with E-state index in [-0.39, 0.29) is 12.0 Å². The van der Waals surface area contributed by atoms with Crippen LogP contribution in [0, 0.1) is 22.6 Å². The Labute approximate surface area is 93.5 Å². The quantitative estimate of drug-likeness (QED) is 0.814. The van der Waals surface area contributed by atoms with E-state index in [4.69, 9.17) is 10.4 Å². The number of nitriles is 1. The fourth-order valence-corrected chi connectivity index (χ4v) is 1.61. The molecule has 1 aromatic carbocycles. The van der Waals surface area contributed by atoms with Crippen molar-refractivity contribution in [1.82, 2.24) is 0 Å². The number of hydrogen-bond acceptors (Lipinski definition) is 3. The predicted molar refractivity (Wildman–Crippen MR) is 58.4 cm³/mol. The minimum atomic E-state index is -0.421. The Bertz CT molecular complexity index is 435. The molecule has 0 spiro atoms. The molecule has 0 aliphatic heterocycles. The Morgan fingerprint density at radius 1 is 1.44 bits per heavy atom. The molecule has 0 unspecified atom stereocenters. The molecule has 0 bridgehead atoms. The minimum absolute atomic E-state index is 0.0286. The summed E-state index contributed by atoms with van der Waals surface area (Å²) in [5.41, 5.74) is 0.867. The van der Waals surface area contributed by atoms with Gasteiger partial charge in [-0.2, -0.15) is 5.26 Å². The number of hydrogen-bond donors (Lipinski definition) is 2. The molecule has 0 heterocycles. The van der Waals surface area contributed by atoms with Crippen molar-refractivity contribution in [2.24, 2.45) is 5.41 Å². The van der Waals surface area contributed by atoms with Crippen molar-refractivity contribution in [3.8, 4) is 6.07 Å². The highest BCUT2D eigenvalue weighted by Gasteiger charge is 2.41. The van der Waals surface area contributed by atoms with Crippen molar-refractivity contribution in [3.63, 3.8) is 0 Å². The molecular weight excluding hydrogens is 207 g/mol. The van der Waals surface area contributed by atoms with Crippen LogP contribution in [0.15, 0.2) is 18.2 Å². The third-order valence-corrected chi connectivity index (χ3v) is 2.99. The highest BCUT2D eigenvalue weighted by atomic mass is 19.1. The van der Waals surface area contributed by atoms with Crippen molar-refractivity contribution >= 4 is 5.69 Å². The van der Waals surface area contributed by atoms with Gasteiger partial charge in [-0.05, 0) is 31.0 Å². The molecule has 1 aromatic rings. The predicted octanol–water partition coefficient (Wildman–Crippen LogP) is 1.88. The maximum atomic E-state index is 13.1. The average molecular weight is 220 g/mol. The van der Waals surface area contributed by atoms with Gasteiger partial charge in [0.2, 0.25) is 0 Å². The molecule has 1 aliphatic carbocycles. The molecule has 1 aliphatic rings. The summed E-state index contributed by atoms with van der Waals surface area (Å²) in [6.07, 6.45) is 1.99. The van der Waals surface area contributed by atoms with E-state index in [1.165, 1.54) is 12.1 Å². The first-order valence-electron chi connectivity index (χ1n) is 5.23. The van der Waals surface area contributed by atoms with Crippen molar-refractivity contribution < 1.29 is 9.50 Å².